The van der Waals surface area contributed by atoms with Gasteiger partial charge in [0.25, 0.3) is 0 Å². The van der Waals surface area contributed by atoms with Crippen molar-refractivity contribution in [2.75, 3.05) is 0 Å². The highest BCUT2D eigenvalue weighted by Crippen LogP contribution is 2.49. The molecule has 9 nitrogen and oxygen atoms in total. The van der Waals surface area contributed by atoms with Crippen LogP contribution in [0.4, 0.5) is 0 Å². The van der Waals surface area contributed by atoms with Gasteiger partial charge in [-0.1, -0.05) is 15.9 Å². The highest BCUT2D eigenvalue weighted by atomic mass is 79.9. The number of halogens is 1. The number of carbonyl (C=O) groups excluding carboxylic acids is 2. The van der Waals surface area contributed by atoms with E-state index < -0.39 is 34.5 Å². The molecule has 0 spiro atoms. The summed E-state index contributed by atoms with van der Waals surface area (Å²) in [5, 5.41) is 11.8. The molecule has 0 radical (unpaired) electrons. The topological polar surface area (TPSA) is 110 Å². The first kappa shape index (κ1) is 36.1. The van der Waals surface area contributed by atoms with Crippen molar-refractivity contribution < 1.29 is 43.1 Å². The van der Waals surface area contributed by atoms with E-state index in [0.717, 1.165) is 32.1 Å². The van der Waals surface area contributed by atoms with Crippen LogP contribution in [0.15, 0.2) is 0 Å². The van der Waals surface area contributed by atoms with Crippen molar-refractivity contribution in [3.8, 4) is 0 Å². The molecule has 0 aromatic heterocycles. The minimum Gasteiger partial charge on any atom is -0.459 e. The van der Waals surface area contributed by atoms with Crippen LogP contribution in [-0.2, 0) is 38.0 Å². The number of ether oxygens (including phenoxy) is 6. The number of alkyl halides is 1. The summed E-state index contributed by atoms with van der Waals surface area (Å²) in [7, 11) is 0. The number of hydrogen-bond donors (Lipinski definition) is 1. The van der Waals surface area contributed by atoms with Gasteiger partial charge in [-0.05, 0) is 120 Å². The fourth-order valence-corrected chi connectivity index (χ4v) is 8.39. The fourth-order valence-electron chi connectivity index (χ4n) is 8.07. The van der Waals surface area contributed by atoms with E-state index in [2.05, 4.69) is 43.6 Å². The van der Waals surface area contributed by atoms with Gasteiger partial charge in [0, 0.05) is 18.7 Å². The second-order valence-corrected chi connectivity index (χ2v) is 16.9. The Hall–Kier alpha value is -0.780. The Labute approximate surface area is 272 Å². The second kappa shape index (κ2) is 12.7. The predicted molar refractivity (Wildman–Crippen MR) is 170 cm³/mol. The van der Waals surface area contributed by atoms with Crippen molar-refractivity contribution in [1.29, 1.82) is 0 Å². The van der Waals surface area contributed by atoms with Crippen LogP contribution in [0.2, 0.25) is 0 Å². The molecule has 4 aliphatic heterocycles. The average Bonchev–Trinajstić information content (AvgIpc) is 3.31. The summed E-state index contributed by atoms with van der Waals surface area (Å²) in [4.78, 5) is 24.1. The molecular formula is C34H57BrO9. The van der Waals surface area contributed by atoms with Gasteiger partial charge in [-0.2, -0.15) is 0 Å². The standard InChI is InChI=1S/C34H57BrO9/c1-21(36)39-27(33(9)19-15-24(42-33)30(5,6)41-22(2)37)14-17-31(7,38)25-11-12-26-32(8,43-25)20-16-28(40-26)34(10)18-13-23(35)29(3,4)44-34/h23-28,38H,11-20H2,1-10H3. The SMILES string of the molecule is CC(=O)OC(CCC(C)(O)C1CCC2OC(C3(C)CCC(Br)C(C)(C)O3)CCC2(C)O1)C1(C)CCC(C(C)(C)OC(C)=O)O1. The zero-order valence-electron chi connectivity index (χ0n) is 28.6. The summed E-state index contributed by atoms with van der Waals surface area (Å²) in [6.45, 7) is 18.8. The monoisotopic (exact) mass is 688 g/mol. The van der Waals surface area contributed by atoms with Gasteiger partial charge in [-0.3, -0.25) is 9.59 Å². The lowest BCUT2D eigenvalue weighted by Gasteiger charge is -2.56. The van der Waals surface area contributed by atoms with Gasteiger partial charge in [-0.25, -0.2) is 0 Å². The molecule has 4 rings (SSSR count). The van der Waals surface area contributed by atoms with E-state index in [1.165, 1.54) is 13.8 Å². The smallest absolute Gasteiger partial charge is 0.303 e. The molecule has 1 N–H and O–H groups in total. The Morgan fingerprint density at radius 1 is 0.864 bits per heavy atom. The van der Waals surface area contributed by atoms with Gasteiger partial charge < -0.3 is 33.5 Å². The maximum atomic E-state index is 12.2. The summed E-state index contributed by atoms with van der Waals surface area (Å²) in [5.41, 5.74) is -3.87. The van der Waals surface area contributed by atoms with Gasteiger partial charge >= 0.3 is 11.9 Å². The van der Waals surface area contributed by atoms with E-state index in [4.69, 9.17) is 28.4 Å². The minimum absolute atomic E-state index is 0.00759. The Morgan fingerprint density at radius 3 is 2.11 bits per heavy atom. The summed E-state index contributed by atoms with van der Waals surface area (Å²) >= 11 is 3.79. The van der Waals surface area contributed by atoms with Gasteiger partial charge in [0.05, 0.1) is 46.8 Å². The molecule has 0 saturated carbocycles. The van der Waals surface area contributed by atoms with Gasteiger partial charge in [0.2, 0.25) is 0 Å². The molecule has 10 heteroatoms. The van der Waals surface area contributed by atoms with Gasteiger partial charge in [0.15, 0.2) is 0 Å². The lowest BCUT2D eigenvalue weighted by atomic mass is 9.75. The Morgan fingerprint density at radius 2 is 1.50 bits per heavy atom. The van der Waals surface area contributed by atoms with Crippen molar-refractivity contribution in [1.82, 2.24) is 0 Å². The van der Waals surface area contributed by atoms with Crippen LogP contribution in [0.25, 0.3) is 0 Å². The van der Waals surface area contributed by atoms with Crippen LogP contribution in [0.5, 0.6) is 0 Å². The Bertz CT molecular complexity index is 1060. The molecule has 4 fully saturated rings. The first-order chi connectivity index (χ1) is 20.1. The molecule has 0 aliphatic carbocycles. The normalized spacial score (nSPS) is 41.2. The average molecular weight is 690 g/mol. The summed E-state index contributed by atoms with van der Waals surface area (Å²) in [6.07, 6.45) is 5.78. The first-order valence-electron chi connectivity index (χ1n) is 16.6. The fraction of sp³-hybridized carbons (Fsp3) is 0.941. The molecule has 4 aliphatic rings. The van der Waals surface area contributed by atoms with E-state index in [9.17, 15) is 14.7 Å². The lowest BCUT2D eigenvalue weighted by molar-refractivity contribution is -0.301. The molecule has 10 unspecified atom stereocenters. The number of fused-ring (bicyclic) bond motifs is 1. The molecule has 254 valence electrons. The van der Waals surface area contributed by atoms with E-state index in [1.807, 2.05) is 27.7 Å². The number of esters is 2. The van der Waals surface area contributed by atoms with Crippen LogP contribution >= 0.6 is 15.9 Å². The lowest BCUT2D eigenvalue weighted by Crippen LogP contribution is -2.63. The molecule has 10 atom stereocenters. The molecule has 0 aromatic rings. The van der Waals surface area contributed by atoms with Gasteiger partial charge in [0.1, 0.15) is 17.3 Å². The maximum absolute atomic E-state index is 12.2. The number of hydrogen-bond acceptors (Lipinski definition) is 9. The van der Waals surface area contributed by atoms with Gasteiger partial charge in [-0.15, -0.1) is 0 Å². The maximum Gasteiger partial charge on any atom is 0.303 e. The highest BCUT2D eigenvalue weighted by Gasteiger charge is 2.56. The van der Waals surface area contributed by atoms with Crippen molar-refractivity contribution in [3.63, 3.8) is 0 Å². The third-order valence-electron chi connectivity index (χ3n) is 10.9. The molecule has 0 amide bonds. The molecule has 44 heavy (non-hydrogen) atoms. The van der Waals surface area contributed by atoms with Crippen LogP contribution in [0, 0.1) is 0 Å². The largest absolute Gasteiger partial charge is 0.459 e. The van der Waals surface area contributed by atoms with Crippen LogP contribution in [-0.4, -0.2) is 86.0 Å². The number of aliphatic hydroxyl groups is 1. The third kappa shape index (κ3) is 7.67. The minimum atomic E-state index is -1.15. The zero-order chi connectivity index (χ0) is 32.9. The number of rotatable bonds is 9. The predicted octanol–water partition coefficient (Wildman–Crippen LogP) is 6.33. The summed E-state index contributed by atoms with van der Waals surface area (Å²) < 4.78 is 37.9. The highest BCUT2D eigenvalue weighted by molar-refractivity contribution is 9.09. The zero-order valence-corrected chi connectivity index (χ0v) is 30.2. The van der Waals surface area contributed by atoms with E-state index in [1.54, 1.807) is 0 Å². The molecule has 0 aromatic carbocycles. The summed E-state index contributed by atoms with van der Waals surface area (Å²) in [5.74, 6) is -0.763. The van der Waals surface area contributed by atoms with Crippen molar-refractivity contribution >= 4 is 27.9 Å². The van der Waals surface area contributed by atoms with E-state index in [0.29, 0.717) is 36.9 Å². The molecule has 4 saturated heterocycles. The molecular weight excluding hydrogens is 632 g/mol. The Kier molecular flexibility index (Phi) is 10.4. The van der Waals surface area contributed by atoms with Crippen LogP contribution in [0.1, 0.15) is 133 Å². The summed E-state index contributed by atoms with van der Waals surface area (Å²) in [6, 6.07) is 0. The van der Waals surface area contributed by atoms with E-state index >= 15 is 0 Å². The first-order valence-corrected chi connectivity index (χ1v) is 17.5. The van der Waals surface area contributed by atoms with Crippen LogP contribution < -0.4 is 0 Å². The third-order valence-corrected chi connectivity index (χ3v) is 12.5. The van der Waals surface area contributed by atoms with Crippen molar-refractivity contribution in [2.24, 2.45) is 0 Å². The second-order valence-electron chi connectivity index (χ2n) is 15.8. The Balaban J connectivity index is 1.38. The number of carbonyl (C=O) groups is 2. The van der Waals surface area contributed by atoms with E-state index in [-0.39, 0.29) is 41.6 Å². The van der Waals surface area contributed by atoms with Crippen molar-refractivity contribution in [2.45, 2.75) is 202 Å². The molecule has 0 bridgehead atoms. The van der Waals surface area contributed by atoms with Crippen molar-refractivity contribution in [3.05, 3.63) is 0 Å². The molecule has 4 heterocycles. The quantitative estimate of drug-likeness (QED) is 0.220. The van der Waals surface area contributed by atoms with Crippen LogP contribution in [0.3, 0.4) is 0 Å².